The monoisotopic (exact) mass is 227 g/mol. The Kier molecular flexibility index (Phi) is 6.42. The maximum absolute atomic E-state index is 11.6. The highest BCUT2D eigenvalue weighted by atomic mass is 16.1. The molecule has 0 aromatic rings. The maximum Gasteiger partial charge on any atom is 0.221 e. The highest BCUT2D eigenvalue weighted by Gasteiger charge is 2.12. The first-order valence-corrected chi connectivity index (χ1v) is 6.36. The molecule has 1 saturated heterocycles. The van der Waals surface area contributed by atoms with E-state index in [-0.39, 0.29) is 5.91 Å². The van der Waals surface area contributed by atoms with Gasteiger partial charge in [0.15, 0.2) is 0 Å². The van der Waals surface area contributed by atoms with E-state index in [1.165, 1.54) is 25.9 Å². The van der Waals surface area contributed by atoms with Gasteiger partial charge in [0, 0.05) is 19.5 Å². The van der Waals surface area contributed by atoms with Crippen molar-refractivity contribution in [2.75, 3.05) is 39.8 Å². The van der Waals surface area contributed by atoms with Crippen molar-refractivity contribution in [1.82, 2.24) is 15.5 Å². The van der Waals surface area contributed by atoms with Gasteiger partial charge in [-0.2, -0.15) is 0 Å². The van der Waals surface area contributed by atoms with Crippen LogP contribution in [0, 0.1) is 5.92 Å². The fourth-order valence-electron chi connectivity index (χ4n) is 2.06. The van der Waals surface area contributed by atoms with E-state index >= 15 is 0 Å². The Bertz CT molecular complexity index is 202. The van der Waals surface area contributed by atoms with E-state index in [1.807, 2.05) is 7.05 Å². The molecule has 4 heteroatoms. The molecular weight excluding hydrogens is 202 g/mol. The maximum atomic E-state index is 11.6. The van der Waals surface area contributed by atoms with Gasteiger partial charge in [0.05, 0.1) is 0 Å². The van der Waals surface area contributed by atoms with Gasteiger partial charge in [-0.15, -0.1) is 0 Å². The molecule has 1 rings (SSSR count). The molecule has 1 aliphatic rings. The van der Waals surface area contributed by atoms with Crippen molar-refractivity contribution in [3.05, 3.63) is 0 Å². The van der Waals surface area contributed by atoms with Crippen LogP contribution in [0.1, 0.15) is 26.2 Å². The fraction of sp³-hybridized carbons (Fsp3) is 0.917. The highest BCUT2D eigenvalue weighted by molar-refractivity contribution is 5.76. The Labute approximate surface area is 98.8 Å². The van der Waals surface area contributed by atoms with Crippen LogP contribution in [-0.4, -0.2) is 50.6 Å². The van der Waals surface area contributed by atoms with E-state index < -0.39 is 0 Å². The molecule has 1 amide bonds. The van der Waals surface area contributed by atoms with Gasteiger partial charge in [0.2, 0.25) is 5.91 Å². The van der Waals surface area contributed by atoms with E-state index in [9.17, 15) is 4.79 Å². The van der Waals surface area contributed by atoms with Gasteiger partial charge in [-0.3, -0.25) is 4.79 Å². The van der Waals surface area contributed by atoms with Crippen molar-refractivity contribution in [3.8, 4) is 0 Å². The summed E-state index contributed by atoms with van der Waals surface area (Å²) in [7, 11) is 1.94. The molecule has 0 bridgehead atoms. The van der Waals surface area contributed by atoms with Crippen molar-refractivity contribution in [2.24, 2.45) is 5.92 Å². The Morgan fingerprint density at radius 3 is 2.62 bits per heavy atom. The third kappa shape index (κ3) is 5.47. The van der Waals surface area contributed by atoms with E-state index in [0.29, 0.717) is 12.3 Å². The number of hydrogen-bond acceptors (Lipinski definition) is 3. The van der Waals surface area contributed by atoms with Crippen LogP contribution in [0.4, 0.5) is 0 Å². The molecule has 0 radical (unpaired) electrons. The van der Waals surface area contributed by atoms with Crippen LogP contribution in [0.5, 0.6) is 0 Å². The number of carbonyl (C=O) groups excluding carboxylic acids is 1. The molecule has 1 fully saturated rings. The second-order valence-corrected chi connectivity index (χ2v) is 4.77. The van der Waals surface area contributed by atoms with Gasteiger partial charge in [0.25, 0.3) is 0 Å². The highest BCUT2D eigenvalue weighted by Crippen LogP contribution is 2.07. The molecule has 0 aliphatic carbocycles. The zero-order valence-electron chi connectivity index (χ0n) is 10.6. The second-order valence-electron chi connectivity index (χ2n) is 4.77. The summed E-state index contributed by atoms with van der Waals surface area (Å²) in [5.41, 5.74) is 0. The zero-order chi connectivity index (χ0) is 11.8. The molecule has 94 valence electrons. The standard InChI is InChI=1S/C12H25N3O/c1-11(9-13-2)10-14-12(16)5-8-15-6-3-4-7-15/h11,13H,3-10H2,1-2H3,(H,14,16). The van der Waals surface area contributed by atoms with E-state index in [1.54, 1.807) is 0 Å². The number of nitrogens with zero attached hydrogens (tertiary/aromatic N) is 1. The minimum absolute atomic E-state index is 0.190. The Hall–Kier alpha value is -0.610. The molecule has 2 N–H and O–H groups in total. The lowest BCUT2D eigenvalue weighted by Crippen LogP contribution is -2.34. The molecule has 1 atom stereocenters. The smallest absolute Gasteiger partial charge is 0.221 e. The van der Waals surface area contributed by atoms with E-state index in [0.717, 1.165) is 19.6 Å². The predicted molar refractivity (Wildman–Crippen MR) is 66.4 cm³/mol. The number of carbonyl (C=O) groups is 1. The summed E-state index contributed by atoms with van der Waals surface area (Å²) >= 11 is 0. The molecule has 0 aromatic heterocycles. The van der Waals surface area contributed by atoms with Crippen LogP contribution >= 0.6 is 0 Å². The summed E-state index contributed by atoms with van der Waals surface area (Å²) in [5.74, 6) is 0.690. The van der Waals surface area contributed by atoms with Gasteiger partial charge in [-0.25, -0.2) is 0 Å². The summed E-state index contributed by atoms with van der Waals surface area (Å²) in [5, 5.41) is 6.09. The first kappa shape index (κ1) is 13.5. The second kappa shape index (κ2) is 7.63. The average Bonchev–Trinajstić information content (AvgIpc) is 2.77. The lowest BCUT2D eigenvalue weighted by Gasteiger charge is -2.15. The fourth-order valence-corrected chi connectivity index (χ4v) is 2.06. The Morgan fingerprint density at radius 1 is 1.31 bits per heavy atom. The third-order valence-corrected chi connectivity index (χ3v) is 3.05. The van der Waals surface area contributed by atoms with Gasteiger partial charge in [-0.05, 0) is 45.4 Å². The number of amides is 1. The summed E-state index contributed by atoms with van der Waals surface area (Å²) < 4.78 is 0. The molecule has 4 nitrogen and oxygen atoms in total. The Balaban J connectivity index is 2.01. The summed E-state index contributed by atoms with van der Waals surface area (Å²) in [6.07, 6.45) is 3.23. The first-order chi connectivity index (χ1) is 7.72. The largest absolute Gasteiger partial charge is 0.356 e. The van der Waals surface area contributed by atoms with Gasteiger partial charge in [-0.1, -0.05) is 6.92 Å². The van der Waals surface area contributed by atoms with E-state index in [2.05, 4.69) is 22.5 Å². The quantitative estimate of drug-likeness (QED) is 0.663. The number of nitrogens with one attached hydrogen (secondary N) is 2. The summed E-state index contributed by atoms with van der Waals surface area (Å²) in [4.78, 5) is 13.9. The molecule has 1 aliphatic heterocycles. The first-order valence-electron chi connectivity index (χ1n) is 6.36. The third-order valence-electron chi connectivity index (χ3n) is 3.05. The predicted octanol–water partition coefficient (Wildman–Crippen LogP) is 0.444. The minimum atomic E-state index is 0.190. The number of rotatable bonds is 7. The van der Waals surface area contributed by atoms with Crippen LogP contribution in [-0.2, 0) is 4.79 Å². The van der Waals surface area contributed by atoms with Crippen LogP contribution in [0.15, 0.2) is 0 Å². The zero-order valence-corrected chi connectivity index (χ0v) is 10.6. The van der Waals surface area contributed by atoms with Crippen molar-refractivity contribution >= 4 is 5.91 Å². The molecule has 1 unspecified atom stereocenters. The molecule has 1 heterocycles. The lowest BCUT2D eigenvalue weighted by molar-refractivity contribution is -0.121. The molecule has 0 aromatic carbocycles. The summed E-state index contributed by atoms with van der Waals surface area (Å²) in [6, 6.07) is 0. The van der Waals surface area contributed by atoms with Crippen LogP contribution in [0.2, 0.25) is 0 Å². The SMILES string of the molecule is CNCC(C)CNC(=O)CCN1CCCC1. The van der Waals surface area contributed by atoms with Crippen molar-refractivity contribution < 1.29 is 4.79 Å². The molecular formula is C12H25N3O. The number of hydrogen-bond donors (Lipinski definition) is 2. The van der Waals surface area contributed by atoms with Crippen molar-refractivity contribution in [1.29, 1.82) is 0 Å². The van der Waals surface area contributed by atoms with Crippen molar-refractivity contribution in [2.45, 2.75) is 26.2 Å². The average molecular weight is 227 g/mol. The van der Waals surface area contributed by atoms with Gasteiger partial charge >= 0.3 is 0 Å². The van der Waals surface area contributed by atoms with Gasteiger partial charge in [0.1, 0.15) is 0 Å². The molecule has 16 heavy (non-hydrogen) atoms. The molecule has 0 saturated carbocycles. The van der Waals surface area contributed by atoms with E-state index in [4.69, 9.17) is 0 Å². The van der Waals surface area contributed by atoms with Crippen LogP contribution < -0.4 is 10.6 Å². The van der Waals surface area contributed by atoms with Gasteiger partial charge < -0.3 is 15.5 Å². The van der Waals surface area contributed by atoms with Crippen LogP contribution in [0.25, 0.3) is 0 Å². The topological polar surface area (TPSA) is 44.4 Å². The lowest BCUT2D eigenvalue weighted by atomic mass is 10.2. The normalized spacial score (nSPS) is 18.6. The molecule has 0 spiro atoms. The Morgan fingerprint density at radius 2 is 2.00 bits per heavy atom. The number of likely N-dealkylation sites (tertiary alicyclic amines) is 1. The minimum Gasteiger partial charge on any atom is -0.356 e. The summed E-state index contributed by atoms with van der Waals surface area (Å²) in [6.45, 7) is 7.13. The van der Waals surface area contributed by atoms with Crippen LogP contribution in [0.3, 0.4) is 0 Å². The van der Waals surface area contributed by atoms with Crippen molar-refractivity contribution in [3.63, 3.8) is 0 Å².